The molecule has 1 aliphatic rings. The fraction of sp³-hybridized carbons (Fsp3) is 0.545. The van der Waals surface area contributed by atoms with Crippen molar-refractivity contribution in [2.75, 3.05) is 18.0 Å². The molecule has 2 rings (SSSR count). The zero-order valence-corrected chi connectivity index (χ0v) is 9.26. The van der Waals surface area contributed by atoms with Gasteiger partial charge in [0.2, 0.25) is 5.95 Å². The first-order valence-electron chi connectivity index (χ1n) is 5.40. The number of aromatic nitrogens is 2. The molecule has 0 aliphatic carbocycles. The Hall–Kier alpha value is -1.65. The maximum Gasteiger partial charge on any atom is 0.303 e. The van der Waals surface area contributed by atoms with E-state index in [1.807, 2.05) is 11.8 Å². The molecule has 1 N–H and O–H groups in total. The second-order valence-electron chi connectivity index (χ2n) is 4.26. The van der Waals surface area contributed by atoms with E-state index in [4.69, 9.17) is 5.11 Å². The molecule has 5 nitrogen and oxygen atoms in total. The van der Waals surface area contributed by atoms with Crippen LogP contribution in [-0.4, -0.2) is 34.1 Å². The second-order valence-corrected chi connectivity index (χ2v) is 4.26. The molecule has 1 atom stereocenters. The molecule has 2 heterocycles. The highest BCUT2D eigenvalue weighted by atomic mass is 16.4. The lowest BCUT2D eigenvalue weighted by molar-refractivity contribution is -0.137. The summed E-state index contributed by atoms with van der Waals surface area (Å²) in [5.41, 5.74) is 1.03. The van der Waals surface area contributed by atoms with E-state index >= 15 is 0 Å². The number of nitrogens with zero attached hydrogens (tertiary/aromatic N) is 3. The Morgan fingerprint density at radius 2 is 2.25 bits per heavy atom. The molecule has 0 radical (unpaired) electrons. The standard InChI is InChI=1S/C11H15N3O2/c1-8-5-12-11(13-6-8)14-3-2-9(7-14)4-10(15)16/h5-6,9H,2-4,7H2,1H3,(H,15,16). The van der Waals surface area contributed by atoms with E-state index < -0.39 is 5.97 Å². The largest absolute Gasteiger partial charge is 0.481 e. The third-order valence-electron chi connectivity index (χ3n) is 2.80. The van der Waals surface area contributed by atoms with Crippen LogP contribution in [0, 0.1) is 12.8 Å². The van der Waals surface area contributed by atoms with Crippen LogP contribution in [0.25, 0.3) is 0 Å². The predicted molar refractivity (Wildman–Crippen MR) is 59.3 cm³/mol. The monoisotopic (exact) mass is 221 g/mol. The molecule has 0 spiro atoms. The van der Waals surface area contributed by atoms with Crippen LogP contribution in [0.1, 0.15) is 18.4 Å². The van der Waals surface area contributed by atoms with Gasteiger partial charge in [0, 0.05) is 31.9 Å². The topological polar surface area (TPSA) is 66.3 Å². The minimum atomic E-state index is -0.725. The summed E-state index contributed by atoms with van der Waals surface area (Å²) in [6.45, 7) is 3.54. The number of aryl methyl sites for hydroxylation is 1. The van der Waals surface area contributed by atoms with E-state index in [2.05, 4.69) is 9.97 Å². The van der Waals surface area contributed by atoms with E-state index in [1.165, 1.54) is 0 Å². The van der Waals surface area contributed by atoms with Gasteiger partial charge in [0.15, 0.2) is 0 Å². The Labute approximate surface area is 94.1 Å². The fourth-order valence-corrected chi connectivity index (χ4v) is 1.98. The van der Waals surface area contributed by atoms with Gasteiger partial charge in [-0.15, -0.1) is 0 Å². The molecule has 0 saturated carbocycles. The first-order chi connectivity index (χ1) is 7.65. The molecule has 5 heteroatoms. The van der Waals surface area contributed by atoms with E-state index in [9.17, 15) is 4.79 Å². The van der Waals surface area contributed by atoms with Crippen LogP contribution in [0.4, 0.5) is 5.95 Å². The Kier molecular flexibility index (Phi) is 3.03. The highest BCUT2D eigenvalue weighted by Gasteiger charge is 2.25. The van der Waals surface area contributed by atoms with Gasteiger partial charge in [-0.25, -0.2) is 9.97 Å². The molecule has 1 aliphatic heterocycles. The van der Waals surface area contributed by atoms with E-state index in [1.54, 1.807) is 12.4 Å². The maximum atomic E-state index is 10.6. The Morgan fingerprint density at radius 3 is 2.88 bits per heavy atom. The van der Waals surface area contributed by atoms with Crippen molar-refractivity contribution in [2.24, 2.45) is 5.92 Å². The van der Waals surface area contributed by atoms with Crippen LogP contribution in [0.2, 0.25) is 0 Å². The molecular formula is C11H15N3O2. The van der Waals surface area contributed by atoms with Gasteiger partial charge in [-0.2, -0.15) is 0 Å². The highest BCUT2D eigenvalue weighted by Crippen LogP contribution is 2.22. The van der Waals surface area contributed by atoms with Gasteiger partial charge < -0.3 is 10.0 Å². The van der Waals surface area contributed by atoms with Gasteiger partial charge >= 0.3 is 5.97 Å². The van der Waals surface area contributed by atoms with Crippen molar-refractivity contribution in [1.29, 1.82) is 0 Å². The number of carbonyl (C=O) groups is 1. The first-order valence-corrected chi connectivity index (χ1v) is 5.40. The average molecular weight is 221 g/mol. The lowest BCUT2D eigenvalue weighted by Crippen LogP contribution is -2.22. The summed E-state index contributed by atoms with van der Waals surface area (Å²) in [7, 11) is 0. The minimum Gasteiger partial charge on any atom is -0.481 e. The number of rotatable bonds is 3. The van der Waals surface area contributed by atoms with Gasteiger partial charge in [0.1, 0.15) is 0 Å². The van der Waals surface area contributed by atoms with Crippen LogP contribution >= 0.6 is 0 Å². The van der Waals surface area contributed by atoms with Gasteiger partial charge in [0.05, 0.1) is 0 Å². The Balaban J connectivity index is 1.98. The molecule has 0 amide bonds. The van der Waals surface area contributed by atoms with Gasteiger partial charge in [-0.3, -0.25) is 4.79 Å². The molecule has 16 heavy (non-hydrogen) atoms. The van der Waals surface area contributed by atoms with Crippen molar-refractivity contribution >= 4 is 11.9 Å². The molecule has 1 aromatic heterocycles. The normalized spacial score (nSPS) is 20.1. The van der Waals surface area contributed by atoms with Crippen LogP contribution in [-0.2, 0) is 4.79 Å². The summed E-state index contributed by atoms with van der Waals surface area (Å²) >= 11 is 0. The van der Waals surface area contributed by atoms with Crippen LogP contribution in [0.15, 0.2) is 12.4 Å². The molecule has 1 unspecified atom stereocenters. The van der Waals surface area contributed by atoms with Crippen LogP contribution in [0.5, 0.6) is 0 Å². The second kappa shape index (κ2) is 4.47. The maximum absolute atomic E-state index is 10.6. The lowest BCUT2D eigenvalue weighted by Gasteiger charge is -2.15. The highest BCUT2D eigenvalue weighted by molar-refractivity contribution is 5.67. The number of aliphatic carboxylic acids is 1. The average Bonchev–Trinajstić information content (AvgIpc) is 2.66. The molecule has 1 saturated heterocycles. The lowest BCUT2D eigenvalue weighted by atomic mass is 10.1. The summed E-state index contributed by atoms with van der Waals surface area (Å²) in [5, 5.41) is 8.72. The number of hydrogen-bond acceptors (Lipinski definition) is 4. The first kappa shape index (κ1) is 10.9. The van der Waals surface area contributed by atoms with Crippen LogP contribution < -0.4 is 4.90 Å². The fourth-order valence-electron chi connectivity index (χ4n) is 1.98. The molecular weight excluding hydrogens is 206 g/mol. The zero-order valence-electron chi connectivity index (χ0n) is 9.26. The number of carboxylic acids is 1. The third kappa shape index (κ3) is 2.48. The van der Waals surface area contributed by atoms with E-state index in [-0.39, 0.29) is 12.3 Å². The summed E-state index contributed by atoms with van der Waals surface area (Å²) in [6, 6.07) is 0. The van der Waals surface area contributed by atoms with Crippen LogP contribution in [0.3, 0.4) is 0 Å². The van der Waals surface area contributed by atoms with Gasteiger partial charge in [-0.05, 0) is 24.8 Å². The Bertz CT molecular complexity index is 377. The van der Waals surface area contributed by atoms with Crippen molar-refractivity contribution in [1.82, 2.24) is 9.97 Å². The summed E-state index contributed by atoms with van der Waals surface area (Å²) in [6.07, 6.45) is 4.71. The van der Waals surface area contributed by atoms with Crippen molar-refractivity contribution < 1.29 is 9.90 Å². The minimum absolute atomic E-state index is 0.224. The predicted octanol–water partition coefficient (Wildman–Crippen LogP) is 1.09. The number of hydrogen-bond donors (Lipinski definition) is 1. The summed E-state index contributed by atoms with van der Waals surface area (Å²) in [5.74, 6) is 0.206. The van der Waals surface area contributed by atoms with Gasteiger partial charge in [0.25, 0.3) is 0 Å². The van der Waals surface area contributed by atoms with Crippen molar-refractivity contribution in [3.05, 3.63) is 18.0 Å². The summed E-state index contributed by atoms with van der Waals surface area (Å²) in [4.78, 5) is 21.1. The third-order valence-corrected chi connectivity index (χ3v) is 2.80. The van der Waals surface area contributed by atoms with Crippen molar-refractivity contribution in [3.8, 4) is 0 Å². The quantitative estimate of drug-likeness (QED) is 0.827. The van der Waals surface area contributed by atoms with Gasteiger partial charge in [-0.1, -0.05) is 0 Å². The smallest absolute Gasteiger partial charge is 0.303 e. The van der Waals surface area contributed by atoms with Crippen molar-refractivity contribution in [2.45, 2.75) is 19.8 Å². The molecule has 0 bridgehead atoms. The molecule has 1 fully saturated rings. The number of carboxylic acid groups (broad SMARTS) is 1. The molecule has 86 valence electrons. The van der Waals surface area contributed by atoms with Crippen molar-refractivity contribution in [3.63, 3.8) is 0 Å². The molecule has 1 aromatic rings. The molecule has 0 aromatic carbocycles. The van der Waals surface area contributed by atoms with E-state index in [0.29, 0.717) is 5.95 Å². The number of anilines is 1. The summed E-state index contributed by atoms with van der Waals surface area (Å²) < 4.78 is 0. The van der Waals surface area contributed by atoms with E-state index in [0.717, 1.165) is 25.1 Å². The Morgan fingerprint density at radius 1 is 1.56 bits per heavy atom. The zero-order chi connectivity index (χ0) is 11.5. The SMILES string of the molecule is Cc1cnc(N2CCC(CC(=O)O)C2)nc1.